The van der Waals surface area contributed by atoms with Crippen LogP contribution in [0.4, 0.5) is 0 Å². The van der Waals surface area contributed by atoms with Gasteiger partial charge >= 0.3 is 0 Å². The molecule has 1 aliphatic rings. The van der Waals surface area contributed by atoms with Crippen LogP contribution in [0.5, 0.6) is 0 Å². The summed E-state index contributed by atoms with van der Waals surface area (Å²) in [7, 11) is 0. The standard InChI is InChI=1S/C16H24N2O/c1-12(2)15-6-4-14(5-7-15)11-18-9-8-16(17-19)13(3)10-18/h4-7,12-13,19H,8-11H2,1-3H3/b17-16-. The summed E-state index contributed by atoms with van der Waals surface area (Å²) in [4.78, 5) is 2.43. The van der Waals surface area contributed by atoms with E-state index in [-0.39, 0.29) is 0 Å². The van der Waals surface area contributed by atoms with E-state index in [0.717, 1.165) is 31.8 Å². The van der Waals surface area contributed by atoms with Crippen molar-refractivity contribution in [3.05, 3.63) is 35.4 Å². The fourth-order valence-electron chi connectivity index (χ4n) is 2.66. The first-order valence-corrected chi connectivity index (χ1v) is 7.12. The van der Waals surface area contributed by atoms with Crippen LogP contribution in [0.15, 0.2) is 29.4 Å². The van der Waals surface area contributed by atoms with Gasteiger partial charge in [-0.3, -0.25) is 4.90 Å². The Balaban J connectivity index is 1.95. The van der Waals surface area contributed by atoms with Crippen LogP contribution in [0.1, 0.15) is 44.2 Å². The first-order chi connectivity index (χ1) is 9.10. The molecule has 0 radical (unpaired) electrons. The van der Waals surface area contributed by atoms with E-state index in [1.54, 1.807) is 0 Å². The van der Waals surface area contributed by atoms with Crippen LogP contribution >= 0.6 is 0 Å². The molecule has 1 aromatic carbocycles. The molecule has 1 saturated heterocycles. The third-order valence-electron chi connectivity index (χ3n) is 3.97. The van der Waals surface area contributed by atoms with Gasteiger partial charge in [-0.1, -0.05) is 50.2 Å². The first kappa shape index (κ1) is 14.1. The largest absolute Gasteiger partial charge is 0.411 e. The Bertz CT molecular complexity index is 437. The molecule has 3 heteroatoms. The summed E-state index contributed by atoms with van der Waals surface area (Å²) in [6.45, 7) is 9.51. The monoisotopic (exact) mass is 260 g/mol. The lowest BCUT2D eigenvalue weighted by Gasteiger charge is -2.31. The Labute approximate surface area is 115 Å². The predicted octanol–water partition coefficient (Wildman–Crippen LogP) is 3.48. The number of piperidine rings is 1. The van der Waals surface area contributed by atoms with E-state index in [0.29, 0.717) is 11.8 Å². The zero-order valence-corrected chi connectivity index (χ0v) is 12.1. The summed E-state index contributed by atoms with van der Waals surface area (Å²) < 4.78 is 0. The van der Waals surface area contributed by atoms with Gasteiger partial charge in [0, 0.05) is 32.0 Å². The molecule has 19 heavy (non-hydrogen) atoms. The minimum Gasteiger partial charge on any atom is -0.411 e. The Hall–Kier alpha value is -1.35. The number of benzene rings is 1. The Morgan fingerprint density at radius 3 is 2.53 bits per heavy atom. The fraction of sp³-hybridized carbons (Fsp3) is 0.562. The van der Waals surface area contributed by atoms with Gasteiger partial charge in [0.25, 0.3) is 0 Å². The van der Waals surface area contributed by atoms with Gasteiger partial charge < -0.3 is 5.21 Å². The molecular weight excluding hydrogens is 236 g/mol. The fourth-order valence-corrected chi connectivity index (χ4v) is 2.66. The number of likely N-dealkylation sites (tertiary alicyclic amines) is 1. The predicted molar refractivity (Wildman–Crippen MR) is 78.8 cm³/mol. The molecular formula is C16H24N2O. The van der Waals surface area contributed by atoms with Crippen LogP contribution in [0, 0.1) is 5.92 Å². The second-order valence-corrected chi connectivity index (χ2v) is 5.87. The Morgan fingerprint density at radius 2 is 2.00 bits per heavy atom. The summed E-state index contributed by atoms with van der Waals surface area (Å²) in [5.41, 5.74) is 3.69. The minimum atomic E-state index is 0.355. The molecule has 0 saturated carbocycles. The molecule has 2 rings (SSSR count). The molecule has 3 nitrogen and oxygen atoms in total. The van der Waals surface area contributed by atoms with E-state index >= 15 is 0 Å². The van der Waals surface area contributed by atoms with Gasteiger partial charge in [0.2, 0.25) is 0 Å². The van der Waals surface area contributed by atoms with Crippen molar-refractivity contribution in [3.8, 4) is 0 Å². The second-order valence-electron chi connectivity index (χ2n) is 5.87. The van der Waals surface area contributed by atoms with Crippen molar-refractivity contribution >= 4 is 5.71 Å². The normalized spacial score (nSPS) is 23.2. The zero-order chi connectivity index (χ0) is 13.8. The van der Waals surface area contributed by atoms with Crippen molar-refractivity contribution < 1.29 is 5.21 Å². The van der Waals surface area contributed by atoms with Gasteiger partial charge in [0.1, 0.15) is 0 Å². The van der Waals surface area contributed by atoms with Gasteiger partial charge in [0.15, 0.2) is 0 Å². The van der Waals surface area contributed by atoms with E-state index in [1.807, 2.05) is 0 Å². The molecule has 104 valence electrons. The van der Waals surface area contributed by atoms with Gasteiger partial charge in [-0.25, -0.2) is 0 Å². The first-order valence-electron chi connectivity index (χ1n) is 7.12. The van der Waals surface area contributed by atoms with Crippen molar-refractivity contribution in [2.45, 2.75) is 39.7 Å². The molecule has 0 spiro atoms. The van der Waals surface area contributed by atoms with Crippen molar-refractivity contribution in [2.24, 2.45) is 11.1 Å². The minimum absolute atomic E-state index is 0.355. The van der Waals surface area contributed by atoms with E-state index < -0.39 is 0 Å². The number of rotatable bonds is 3. The van der Waals surface area contributed by atoms with Crippen molar-refractivity contribution in [3.63, 3.8) is 0 Å². The summed E-state index contributed by atoms with van der Waals surface area (Å²) >= 11 is 0. The number of hydrogen-bond donors (Lipinski definition) is 1. The maximum Gasteiger partial charge on any atom is 0.0624 e. The highest BCUT2D eigenvalue weighted by Crippen LogP contribution is 2.19. The van der Waals surface area contributed by atoms with Crippen molar-refractivity contribution in [1.82, 2.24) is 4.90 Å². The molecule has 0 aliphatic carbocycles. The van der Waals surface area contributed by atoms with Crippen LogP contribution in [-0.2, 0) is 6.54 Å². The molecule has 1 atom stereocenters. The summed E-state index contributed by atoms with van der Waals surface area (Å²) in [6.07, 6.45) is 0.877. The zero-order valence-electron chi connectivity index (χ0n) is 12.1. The van der Waals surface area contributed by atoms with E-state index in [1.165, 1.54) is 11.1 Å². The molecule has 1 fully saturated rings. The van der Waals surface area contributed by atoms with Gasteiger partial charge in [-0.2, -0.15) is 0 Å². The molecule has 1 aliphatic heterocycles. The average Bonchev–Trinajstić information content (AvgIpc) is 2.39. The second kappa shape index (κ2) is 6.20. The lowest BCUT2D eigenvalue weighted by molar-refractivity contribution is 0.228. The maximum atomic E-state index is 8.89. The molecule has 1 N–H and O–H groups in total. The quantitative estimate of drug-likeness (QED) is 0.667. The molecule has 1 unspecified atom stereocenters. The van der Waals surface area contributed by atoms with E-state index in [9.17, 15) is 0 Å². The smallest absolute Gasteiger partial charge is 0.0624 e. The third-order valence-corrected chi connectivity index (χ3v) is 3.97. The number of oxime groups is 1. The highest BCUT2D eigenvalue weighted by molar-refractivity contribution is 5.86. The van der Waals surface area contributed by atoms with Crippen molar-refractivity contribution in [1.29, 1.82) is 0 Å². The van der Waals surface area contributed by atoms with Crippen LogP contribution in [0.3, 0.4) is 0 Å². The lowest BCUT2D eigenvalue weighted by atomic mass is 9.96. The van der Waals surface area contributed by atoms with Gasteiger partial charge in [0.05, 0.1) is 5.71 Å². The van der Waals surface area contributed by atoms with Crippen LogP contribution in [-0.4, -0.2) is 28.9 Å². The Kier molecular flexibility index (Phi) is 4.59. The molecule has 0 amide bonds. The summed E-state index contributed by atoms with van der Waals surface area (Å²) in [6, 6.07) is 8.92. The van der Waals surface area contributed by atoms with Crippen LogP contribution in [0.25, 0.3) is 0 Å². The molecule has 0 aromatic heterocycles. The maximum absolute atomic E-state index is 8.89. The average molecular weight is 260 g/mol. The third kappa shape index (κ3) is 3.57. The van der Waals surface area contributed by atoms with Crippen LogP contribution in [0.2, 0.25) is 0 Å². The van der Waals surface area contributed by atoms with Crippen LogP contribution < -0.4 is 0 Å². The number of hydrogen-bond acceptors (Lipinski definition) is 3. The van der Waals surface area contributed by atoms with E-state index in [4.69, 9.17) is 5.21 Å². The molecule has 1 aromatic rings. The van der Waals surface area contributed by atoms with Gasteiger partial charge in [-0.15, -0.1) is 0 Å². The SMILES string of the molecule is CC1CN(Cc2ccc(C(C)C)cc2)CC/C1=N/O. The van der Waals surface area contributed by atoms with Gasteiger partial charge in [-0.05, 0) is 17.0 Å². The van der Waals surface area contributed by atoms with Crippen molar-refractivity contribution in [2.75, 3.05) is 13.1 Å². The Morgan fingerprint density at radius 1 is 1.32 bits per heavy atom. The summed E-state index contributed by atoms with van der Waals surface area (Å²) in [5.74, 6) is 0.945. The van der Waals surface area contributed by atoms with E-state index in [2.05, 4.69) is 55.1 Å². The topological polar surface area (TPSA) is 35.8 Å². The highest BCUT2D eigenvalue weighted by Gasteiger charge is 2.22. The molecule has 1 heterocycles. The molecule has 0 bridgehead atoms. The number of nitrogens with zero attached hydrogens (tertiary/aromatic N) is 2. The highest BCUT2D eigenvalue weighted by atomic mass is 16.4. The summed E-state index contributed by atoms with van der Waals surface area (Å²) in [5, 5.41) is 12.3. The lowest BCUT2D eigenvalue weighted by Crippen LogP contribution is -2.39.